The van der Waals surface area contributed by atoms with Crippen molar-refractivity contribution < 1.29 is 9.21 Å². The maximum absolute atomic E-state index is 13.0. The lowest BCUT2D eigenvalue weighted by atomic mass is 10.0. The lowest BCUT2D eigenvalue weighted by Gasteiger charge is -2.33. The number of piperidine rings is 1. The second-order valence-corrected chi connectivity index (χ2v) is 7.97. The summed E-state index contributed by atoms with van der Waals surface area (Å²) in [4.78, 5) is 24.3. The maximum Gasteiger partial charge on any atom is 0.266 e. The standard InChI is InChI=1S/C20H20ClN3O2S/c1-13-18(27-12-23-13)20(25)24-9-5-4-8-17(24)19-22-11-15(26-19)10-14-6-2-3-7-16(14)21/h2-3,6-7,11-12,17H,4-5,8-10H2,1H3/t17-/m1/s1. The molecule has 0 unspecified atom stereocenters. The molecule has 0 bridgehead atoms. The number of carbonyl (C=O) groups is 1. The summed E-state index contributed by atoms with van der Waals surface area (Å²) >= 11 is 7.64. The Morgan fingerprint density at radius 3 is 2.96 bits per heavy atom. The number of benzene rings is 1. The average Bonchev–Trinajstić information content (AvgIpc) is 3.32. The normalized spacial score (nSPS) is 17.3. The number of carbonyl (C=O) groups excluding carboxylic acids is 1. The molecular formula is C20H20ClN3O2S. The van der Waals surface area contributed by atoms with Crippen molar-refractivity contribution in [3.05, 3.63) is 68.8 Å². The second-order valence-electron chi connectivity index (χ2n) is 6.71. The molecule has 7 heteroatoms. The number of nitrogens with zero attached hydrogens (tertiary/aromatic N) is 3. The molecule has 1 aliphatic heterocycles. The number of oxazole rings is 1. The molecule has 1 amide bonds. The summed E-state index contributed by atoms with van der Waals surface area (Å²) in [5.41, 5.74) is 3.49. The third-order valence-corrected chi connectivity index (χ3v) is 6.17. The maximum atomic E-state index is 13.0. The van der Waals surface area contributed by atoms with Gasteiger partial charge in [-0.05, 0) is 37.8 Å². The molecule has 5 nitrogen and oxygen atoms in total. The highest BCUT2D eigenvalue weighted by molar-refractivity contribution is 7.11. The number of aromatic nitrogens is 2. The van der Waals surface area contributed by atoms with Crippen LogP contribution in [0.5, 0.6) is 0 Å². The highest BCUT2D eigenvalue weighted by Crippen LogP contribution is 2.33. The van der Waals surface area contributed by atoms with Gasteiger partial charge in [-0.3, -0.25) is 4.79 Å². The minimum Gasteiger partial charge on any atom is -0.443 e. The van der Waals surface area contributed by atoms with Gasteiger partial charge in [0.15, 0.2) is 0 Å². The van der Waals surface area contributed by atoms with Gasteiger partial charge in [-0.1, -0.05) is 29.8 Å². The van der Waals surface area contributed by atoms with Gasteiger partial charge in [-0.25, -0.2) is 9.97 Å². The first kappa shape index (κ1) is 18.2. The van der Waals surface area contributed by atoms with Gasteiger partial charge in [0.2, 0.25) is 5.89 Å². The minimum atomic E-state index is -0.132. The summed E-state index contributed by atoms with van der Waals surface area (Å²) in [5.74, 6) is 1.38. The van der Waals surface area contributed by atoms with Gasteiger partial charge in [-0.2, -0.15) is 0 Å². The van der Waals surface area contributed by atoms with Crippen LogP contribution in [0.3, 0.4) is 0 Å². The second kappa shape index (κ2) is 7.82. The molecule has 0 saturated carbocycles. The van der Waals surface area contributed by atoms with Crippen molar-refractivity contribution in [2.45, 2.75) is 38.6 Å². The van der Waals surface area contributed by atoms with E-state index in [0.29, 0.717) is 28.8 Å². The van der Waals surface area contributed by atoms with Gasteiger partial charge < -0.3 is 9.32 Å². The molecule has 3 heterocycles. The number of hydrogen-bond donors (Lipinski definition) is 0. The fraction of sp³-hybridized carbons (Fsp3) is 0.350. The monoisotopic (exact) mass is 401 g/mol. The molecule has 1 fully saturated rings. The number of rotatable bonds is 4. The Morgan fingerprint density at radius 2 is 2.19 bits per heavy atom. The Morgan fingerprint density at radius 1 is 1.33 bits per heavy atom. The zero-order valence-electron chi connectivity index (χ0n) is 15.0. The van der Waals surface area contributed by atoms with Gasteiger partial charge in [0.05, 0.1) is 17.4 Å². The highest BCUT2D eigenvalue weighted by Gasteiger charge is 2.33. The summed E-state index contributed by atoms with van der Waals surface area (Å²) in [5, 5.41) is 0.714. The van der Waals surface area contributed by atoms with E-state index in [2.05, 4.69) is 9.97 Å². The summed E-state index contributed by atoms with van der Waals surface area (Å²) in [7, 11) is 0. The predicted octanol–water partition coefficient (Wildman–Crippen LogP) is 5.05. The quantitative estimate of drug-likeness (QED) is 0.613. The average molecular weight is 402 g/mol. The molecule has 140 valence electrons. The minimum absolute atomic E-state index is 0.0190. The number of amides is 1. The van der Waals surface area contributed by atoms with E-state index >= 15 is 0 Å². The van der Waals surface area contributed by atoms with Gasteiger partial charge in [0, 0.05) is 18.0 Å². The summed E-state index contributed by atoms with van der Waals surface area (Å²) in [6.45, 7) is 2.58. The van der Waals surface area contributed by atoms with Crippen molar-refractivity contribution in [3.8, 4) is 0 Å². The third-order valence-electron chi connectivity index (χ3n) is 4.88. The van der Waals surface area contributed by atoms with Gasteiger partial charge >= 0.3 is 0 Å². The van der Waals surface area contributed by atoms with Gasteiger partial charge in [-0.15, -0.1) is 11.3 Å². The molecule has 1 saturated heterocycles. The van der Waals surface area contributed by atoms with E-state index in [1.807, 2.05) is 36.1 Å². The Labute approximate surface area is 167 Å². The van der Waals surface area contributed by atoms with E-state index < -0.39 is 0 Å². The predicted molar refractivity (Wildman–Crippen MR) is 105 cm³/mol. The molecule has 0 radical (unpaired) electrons. The molecule has 27 heavy (non-hydrogen) atoms. The first-order valence-corrected chi connectivity index (χ1v) is 10.3. The number of thiazole rings is 1. The van der Waals surface area contributed by atoms with E-state index in [4.69, 9.17) is 16.0 Å². The van der Waals surface area contributed by atoms with Crippen LogP contribution in [-0.4, -0.2) is 27.3 Å². The van der Waals surface area contributed by atoms with Gasteiger partial charge in [0.1, 0.15) is 16.7 Å². The lowest BCUT2D eigenvalue weighted by Crippen LogP contribution is -2.38. The van der Waals surface area contributed by atoms with Crippen molar-refractivity contribution in [2.24, 2.45) is 0 Å². The number of likely N-dealkylation sites (tertiary alicyclic amines) is 1. The van der Waals surface area contributed by atoms with Crippen LogP contribution >= 0.6 is 22.9 Å². The van der Waals surface area contributed by atoms with E-state index in [-0.39, 0.29) is 11.9 Å². The molecule has 2 aromatic heterocycles. The molecule has 1 aliphatic rings. The Hall–Kier alpha value is -2.18. The van der Waals surface area contributed by atoms with Crippen molar-refractivity contribution in [1.29, 1.82) is 0 Å². The molecule has 0 N–H and O–H groups in total. The SMILES string of the molecule is Cc1ncsc1C(=O)N1CCCC[C@@H]1c1ncc(Cc2ccccc2Cl)o1. The number of aryl methyl sites for hydroxylation is 1. The van der Waals surface area contributed by atoms with E-state index in [1.165, 1.54) is 11.3 Å². The van der Waals surface area contributed by atoms with Crippen LogP contribution in [0, 0.1) is 6.92 Å². The zero-order chi connectivity index (χ0) is 18.8. The van der Waals surface area contributed by atoms with Crippen molar-refractivity contribution in [1.82, 2.24) is 14.9 Å². The first-order chi connectivity index (χ1) is 13.1. The molecular weight excluding hydrogens is 382 g/mol. The van der Waals surface area contributed by atoms with E-state index in [1.54, 1.807) is 11.7 Å². The van der Waals surface area contributed by atoms with Crippen molar-refractivity contribution in [2.75, 3.05) is 6.54 Å². The Bertz CT molecular complexity index is 952. The smallest absolute Gasteiger partial charge is 0.266 e. The highest BCUT2D eigenvalue weighted by atomic mass is 35.5. The first-order valence-electron chi connectivity index (χ1n) is 9.02. The molecule has 0 aliphatic carbocycles. The fourth-order valence-electron chi connectivity index (χ4n) is 3.46. The van der Waals surface area contributed by atoms with E-state index in [0.717, 1.165) is 36.3 Å². The van der Waals surface area contributed by atoms with Crippen LogP contribution in [0.4, 0.5) is 0 Å². The fourth-order valence-corrected chi connectivity index (χ4v) is 4.42. The largest absolute Gasteiger partial charge is 0.443 e. The topological polar surface area (TPSA) is 59.2 Å². The zero-order valence-corrected chi connectivity index (χ0v) is 16.6. The number of hydrogen-bond acceptors (Lipinski definition) is 5. The molecule has 0 spiro atoms. The molecule has 4 rings (SSSR count). The van der Waals surface area contributed by atoms with Crippen LogP contribution in [0.2, 0.25) is 5.02 Å². The van der Waals surface area contributed by atoms with Crippen LogP contribution in [0.1, 0.15) is 57.9 Å². The summed E-state index contributed by atoms with van der Waals surface area (Å²) < 4.78 is 6.03. The van der Waals surface area contributed by atoms with Crippen molar-refractivity contribution >= 4 is 28.8 Å². The van der Waals surface area contributed by atoms with Crippen LogP contribution < -0.4 is 0 Å². The van der Waals surface area contributed by atoms with Crippen LogP contribution in [-0.2, 0) is 6.42 Å². The molecule has 1 aromatic carbocycles. The van der Waals surface area contributed by atoms with Crippen LogP contribution in [0.15, 0.2) is 40.4 Å². The Balaban J connectivity index is 1.56. The third kappa shape index (κ3) is 3.77. The van der Waals surface area contributed by atoms with Crippen molar-refractivity contribution in [3.63, 3.8) is 0 Å². The van der Waals surface area contributed by atoms with Crippen LogP contribution in [0.25, 0.3) is 0 Å². The summed E-state index contributed by atoms with van der Waals surface area (Å²) in [6, 6.07) is 7.58. The molecule has 1 atom stereocenters. The van der Waals surface area contributed by atoms with Gasteiger partial charge in [0.25, 0.3) is 5.91 Å². The molecule has 3 aromatic rings. The number of halogens is 1. The summed E-state index contributed by atoms with van der Waals surface area (Å²) in [6.07, 6.45) is 5.23. The Kier molecular flexibility index (Phi) is 5.27. The lowest BCUT2D eigenvalue weighted by molar-refractivity contribution is 0.0574. The van der Waals surface area contributed by atoms with E-state index in [9.17, 15) is 4.79 Å².